The van der Waals surface area contributed by atoms with Gasteiger partial charge in [0.2, 0.25) is 11.8 Å². The molecule has 45 heavy (non-hydrogen) atoms. The zero-order chi connectivity index (χ0) is 32.9. The van der Waals surface area contributed by atoms with Gasteiger partial charge in [-0.25, -0.2) is 0 Å². The minimum atomic E-state index is -0.468. The lowest BCUT2D eigenvalue weighted by Crippen LogP contribution is -2.48. The minimum absolute atomic E-state index is 0.00754. The van der Waals surface area contributed by atoms with Crippen molar-refractivity contribution in [2.75, 3.05) is 59.3 Å². The van der Waals surface area contributed by atoms with E-state index in [0.29, 0.717) is 43.1 Å². The van der Waals surface area contributed by atoms with Gasteiger partial charge in [0.05, 0.1) is 30.4 Å². The van der Waals surface area contributed by atoms with Gasteiger partial charge in [-0.1, -0.05) is 26.2 Å². The highest BCUT2D eigenvalue weighted by molar-refractivity contribution is 6.00. The molecule has 0 unspecified atom stereocenters. The standard InChI is InChI=1S/C35H58N4O6/c1-25-22-39(26(2)24-40)35(43)30-21-29(36-34(42)28-14-8-7-9-15-28)17-18-31(30)45-27(3)13-10-11-20-44-32(25)23-38(6)33(41)16-12-19-37(4)5/h17-18,21,25-28,32,40H,7-16,19-20,22-24H2,1-6H3,(H,36,42)/t25-,26-,27-,32+/m1/s1. The second-order valence-electron chi connectivity index (χ2n) is 13.5. The van der Waals surface area contributed by atoms with E-state index in [0.717, 1.165) is 57.9 Å². The molecule has 1 fully saturated rings. The van der Waals surface area contributed by atoms with Crippen molar-refractivity contribution in [3.63, 3.8) is 0 Å². The third kappa shape index (κ3) is 11.6. The maximum absolute atomic E-state index is 14.3. The van der Waals surface area contributed by atoms with Crippen molar-refractivity contribution >= 4 is 23.4 Å². The molecule has 4 atom stereocenters. The third-order valence-corrected chi connectivity index (χ3v) is 9.17. The number of carbonyl (C=O) groups is 3. The Balaban J connectivity index is 1.87. The van der Waals surface area contributed by atoms with Gasteiger partial charge in [-0.05, 0) is 91.2 Å². The largest absolute Gasteiger partial charge is 0.490 e. The molecule has 0 radical (unpaired) electrons. The van der Waals surface area contributed by atoms with Crippen molar-refractivity contribution < 1.29 is 29.0 Å². The number of ether oxygens (including phenoxy) is 2. The molecule has 0 spiro atoms. The van der Waals surface area contributed by atoms with Crippen LogP contribution in [0.4, 0.5) is 5.69 Å². The van der Waals surface area contributed by atoms with Crippen LogP contribution in [0.25, 0.3) is 0 Å². The highest BCUT2D eigenvalue weighted by Gasteiger charge is 2.31. The predicted octanol–water partition coefficient (Wildman–Crippen LogP) is 4.80. The molecule has 3 amide bonds. The number of nitrogens with zero attached hydrogens (tertiary/aromatic N) is 3. The van der Waals surface area contributed by atoms with Crippen LogP contribution >= 0.6 is 0 Å². The molecule has 1 aromatic rings. The molecule has 1 aromatic carbocycles. The second-order valence-corrected chi connectivity index (χ2v) is 13.5. The number of hydrogen-bond donors (Lipinski definition) is 2. The molecule has 0 bridgehead atoms. The summed E-state index contributed by atoms with van der Waals surface area (Å²) in [7, 11) is 5.81. The SMILES string of the molecule is C[C@@H]1CCCCO[C@@H](CN(C)C(=O)CCCN(C)C)[C@H](C)CN([C@H](C)CO)C(=O)c2cc(NC(=O)C3CCCCC3)ccc2O1. The van der Waals surface area contributed by atoms with Crippen molar-refractivity contribution in [1.82, 2.24) is 14.7 Å². The Labute approximate surface area is 270 Å². The van der Waals surface area contributed by atoms with Crippen LogP contribution in [0.2, 0.25) is 0 Å². The number of likely N-dealkylation sites (N-methyl/N-ethyl adjacent to an activating group) is 1. The van der Waals surface area contributed by atoms with Crippen LogP contribution in [0.5, 0.6) is 5.75 Å². The van der Waals surface area contributed by atoms with Gasteiger partial charge in [0.15, 0.2) is 0 Å². The first-order valence-corrected chi connectivity index (χ1v) is 17.0. The van der Waals surface area contributed by atoms with Crippen LogP contribution in [0.15, 0.2) is 18.2 Å². The van der Waals surface area contributed by atoms with Gasteiger partial charge >= 0.3 is 0 Å². The molecule has 2 aliphatic rings. The molecule has 0 saturated heterocycles. The van der Waals surface area contributed by atoms with Gasteiger partial charge < -0.3 is 34.6 Å². The number of rotatable bonds is 10. The Kier molecular flexibility index (Phi) is 15.1. The zero-order valence-corrected chi connectivity index (χ0v) is 28.6. The lowest BCUT2D eigenvalue weighted by molar-refractivity contribution is -0.132. The fourth-order valence-corrected chi connectivity index (χ4v) is 6.18. The quantitative estimate of drug-likeness (QED) is 0.382. The summed E-state index contributed by atoms with van der Waals surface area (Å²) in [4.78, 5) is 45.8. The van der Waals surface area contributed by atoms with E-state index in [9.17, 15) is 19.5 Å². The van der Waals surface area contributed by atoms with Gasteiger partial charge in [0.1, 0.15) is 5.75 Å². The fourth-order valence-electron chi connectivity index (χ4n) is 6.18. The Morgan fingerprint density at radius 3 is 2.47 bits per heavy atom. The molecule has 1 heterocycles. The van der Waals surface area contributed by atoms with E-state index in [-0.39, 0.29) is 48.4 Å². The van der Waals surface area contributed by atoms with Crippen LogP contribution in [-0.4, -0.2) is 110 Å². The predicted molar refractivity (Wildman–Crippen MR) is 178 cm³/mol. The lowest BCUT2D eigenvalue weighted by Gasteiger charge is -2.36. The third-order valence-electron chi connectivity index (χ3n) is 9.17. The van der Waals surface area contributed by atoms with E-state index >= 15 is 0 Å². The number of hydrogen-bond acceptors (Lipinski definition) is 7. The molecule has 1 aliphatic heterocycles. The van der Waals surface area contributed by atoms with Crippen LogP contribution in [0.3, 0.4) is 0 Å². The highest BCUT2D eigenvalue weighted by Crippen LogP contribution is 2.30. The van der Waals surface area contributed by atoms with Crippen LogP contribution in [0.1, 0.15) is 95.3 Å². The maximum Gasteiger partial charge on any atom is 0.258 e. The molecular formula is C35H58N4O6. The first-order chi connectivity index (χ1) is 21.5. The number of nitrogens with one attached hydrogen (secondary N) is 1. The highest BCUT2D eigenvalue weighted by atomic mass is 16.5. The van der Waals surface area contributed by atoms with E-state index in [1.807, 2.05) is 41.9 Å². The Hall–Kier alpha value is -2.69. The average Bonchev–Trinajstić information content (AvgIpc) is 3.02. The van der Waals surface area contributed by atoms with E-state index in [2.05, 4.69) is 10.2 Å². The number of carbonyl (C=O) groups excluding carboxylic acids is 3. The molecular weight excluding hydrogens is 572 g/mol. The summed E-state index contributed by atoms with van der Waals surface area (Å²) < 4.78 is 12.7. The molecule has 10 nitrogen and oxygen atoms in total. The normalized spacial score (nSPS) is 23.1. The van der Waals surface area contributed by atoms with Gasteiger partial charge in [-0.15, -0.1) is 0 Å². The van der Waals surface area contributed by atoms with Crippen LogP contribution < -0.4 is 10.1 Å². The van der Waals surface area contributed by atoms with Crippen molar-refractivity contribution in [3.05, 3.63) is 23.8 Å². The number of anilines is 1. The zero-order valence-electron chi connectivity index (χ0n) is 28.6. The average molecular weight is 631 g/mol. The van der Waals surface area contributed by atoms with Crippen LogP contribution in [-0.2, 0) is 14.3 Å². The second kappa shape index (κ2) is 18.5. The topological polar surface area (TPSA) is 112 Å². The summed E-state index contributed by atoms with van der Waals surface area (Å²) >= 11 is 0. The summed E-state index contributed by atoms with van der Waals surface area (Å²) in [6.45, 7) is 7.78. The number of fused-ring (bicyclic) bond motifs is 1. The van der Waals surface area contributed by atoms with E-state index in [4.69, 9.17) is 9.47 Å². The van der Waals surface area contributed by atoms with Crippen molar-refractivity contribution in [2.45, 2.75) is 103 Å². The van der Waals surface area contributed by atoms with Crippen LogP contribution in [0, 0.1) is 11.8 Å². The number of aliphatic hydroxyl groups is 1. The number of aliphatic hydroxyl groups excluding tert-OH is 1. The number of amides is 3. The number of benzene rings is 1. The fraction of sp³-hybridized carbons (Fsp3) is 0.743. The summed E-state index contributed by atoms with van der Waals surface area (Å²) in [5.74, 6) is 0.127. The van der Waals surface area contributed by atoms with E-state index in [1.165, 1.54) is 6.42 Å². The molecule has 254 valence electrons. The monoisotopic (exact) mass is 630 g/mol. The van der Waals surface area contributed by atoms with E-state index < -0.39 is 6.04 Å². The van der Waals surface area contributed by atoms with E-state index in [1.54, 1.807) is 28.0 Å². The van der Waals surface area contributed by atoms with Gasteiger partial charge in [-0.2, -0.15) is 0 Å². The summed E-state index contributed by atoms with van der Waals surface area (Å²) in [6.07, 6.45) is 8.43. The smallest absolute Gasteiger partial charge is 0.258 e. The molecule has 2 N–H and O–H groups in total. The van der Waals surface area contributed by atoms with Crippen molar-refractivity contribution in [2.24, 2.45) is 11.8 Å². The lowest BCUT2D eigenvalue weighted by atomic mass is 9.88. The molecule has 0 aromatic heterocycles. The Morgan fingerprint density at radius 2 is 1.78 bits per heavy atom. The molecule has 1 aliphatic carbocycles. The Bertz CT molecular complexity index is 1090. The van der Waals surface area contributed by atoms with Crippen molar-refractivity contribution in [1.29, 1.82) is 0 Å². The van der Waals surface area contributed by atoms with Gasteiger partial charge in [0, 0.05) is 50.7 Å². The Morgan fingerprint density at radius 1 is 1.07 bits per heavy atom. The minimum Gasteiger partial charge on any atom is -0.490 e. The summed E-state index contributed by atoms with van der Waals surface area (Å²) in [5.41, 5.74) is 0.925. The first kappa shape index (κ1) is 36.8. The molecule has 1 saturated carbocycles. The van der Waals surface area contributed by atoms with Gasteiger partial charge in [0.25, 0.3) is 5.91 Å². The summed E-state index contributed by atoms with van der Waals surface area (Å²) in [5, 5.41) is 13.3. The summed E-state index contributed by atoms with van der Waals surface area (Å²) in [6, 6.07) is 4.83. The maximum atomic E-state index is 14.3. The molecule has 10 heteroatoms. The molecule has 3 rings (SSSR count). The first-order valence-electron chi connectivity index (χ1n) is 17.0. The van der Waals surface area contributed by atoms with Crippen molar-refractivity contribution in [3.8, 4) is 5.75 Å². The van der Waals surface area contributed by atoms with Gasteiger partial charge in [-0.3, -0.25) is 14.4 Å².